The molecule has 2 N–H and O–H groups in total. The van der Waals surface area contributed by atoms with Crippen LogP contribution in [0, 0.1) is 0 Å². The second-order valence-corrected chi connectivity index (χ2v) is 7.60. The quantitative estimate of drug-likeness (QED) is 0.824. The van der Waals surface area contributed by atoms with Crippen molar-refractivity contribution in [3.63, 3.8) is 0 Å². The largest absolute Gasteiger partial charge is 0.350 e. The molecule has 2 heterocycles. The highest BCUT2D eigenvalue weighted by molar-refractivity contribution is 5.91. The molecule has 1 aliphatic heterocycles. The van der Waals surface area contributed by atoms with E-state index in [1.54, 1.807) is 6.20 Å². The summed E-state index contributed by atoms with van der Waals surface area (Å²) in [5.41, 5.74) is 1.81. The maximum Gasteiger partial charge on any atom is 0.273 e. The Morgan fingerprint density at radius 1 is 1.19 bits per heavy atom. The molecule has 1 aromatic carbocycles. The Hall–Kier alpha value is -1.92. The third kappa shape index (κ3) is 4.33. The van der Waals surface area contributed by atoms with Gasteiger partial charge in [-0.3, -0.25) is 4.79 Å². The predicted molar refractivity (Wildman–Crippen MR) is 107 cm³/mol. The molecule has 2 fully saturated rings. The molecule has 1 amide bonds. The third-order valence-corrected chi connectivity index (χ3v) is 5.96. The van der Waals surface area contributed by atoms with E-state index in [2.05, 4.69) is 45.2 Å². The number of amides is 1. The second-order valence-electron chi connectivity index (χ2n) is 7.60. The van der Waals surface area contributed by atoms with Crippen LogP contribution in [0.5, 0.6) is 0 Å². The fourth-order valence-corrected chi connectivity index (χ4v) is 4.38. The predicted octanol–water partition coefficient (Wildman–Crippen LogP) is 2.87. The number of hydrogen-bond acceptors (Lipinski definition) is 4. The van der Waals surface area contributed by atoms with Gasteiger partial charge in [-0.1, -0.05) is 48.4 Å². The van der Waals surface area contributed by atoms with E-state index < -0.39 is 0 Å². The summed E-state index contributed by atoms with van der Waals surface area (Å²) < 4.78 is 1.86. The van der Waals surface area contributed by atoms with Crippen molar-refractivity contribution in [3.8, 4) is 0 Å². The minimum atomic E-state index is -0.118. The molecule has 0 unspecified atom stereocenters. The van der Waals surface area contributed by atoms with Gasteiger partial charge >= 0.3 is 0 Å². The minimum absolute atomic E-state index is 0. The lowest BCUT2D eigenvalue weighted by Crippen LogP contribution is -2.39. The summed E-state index contributed by atoms with van der Waals surface area (Å²) in [4.78, 5) is 12.6. The first-order chi connectivity index (χ1) is 12.8. The van der Waals surface area contributed by atoms with Gasteiger partial charge in [-0.25, -0.2) is 4.68 Å². The number of benzene rings is 1. The van der Waals surface area contributed by atoms with Crippen molar-refractivity contribution >= 4 is 18.3 Å². The number of carbonyl (C=O) groups excluding carboxylic acids is 1. The van der Waals surface area contributed by atoms with E-state index >= 15 is 0 Å². The van der Waals surface area contributed by atoms with Crippen molar-refractivity contribution in [1.82, 2.24) is 25.6 Å². The summed E-state index contributed by atoms with van der Waals surface area (Å²) in [5, 5.41) is 14.8. The molecule has 7 heteroatoms. The van der Waals surface area contributed by atoms with Crippen LogP contribution in [-0.4, -0.2) is 40.5 Å². The molecule has 4 rings (SSSR count). The van der Waals surface area contributed by atoms with E-state index in [9.17, 15) is 4.79 Å². The molecular weight excluding hydrogens is 362 g/mol. The summed E-state index contributed by atoms with van der Waals surface area (Å²) in [6.07, 6.45) is 8.55. The average Bonchev–Trinajstić information content (AvgIpc) is 3.38. The van der Waals surface area contributed by atoms with Crippen molar-refractivity contribution in [3.05, 3.63) is 47.8 Å². The van der Waals surface area contributed by atoms with E-state index in [0.29, 0.717) is 18.3 Å². The first-order valence-electron chi connectivity index (χ1n) is 9.73. The molecule has 6 nitrogen and oxygen atoms in total. The van der Waals surface area contributed by atoms with Crippen molar-refractivity contribution < 1.29 is 4.79 Å². The molecule has 2 aromatic rings. The van der Waals surface area contributed by atoms with Gasteiger partial charge in [-0.2, -0.15) is 0 Å². The molecule has 1 saturated heterocycles. The van der Waals surface area contributed by atoms with Crippen LogP contribution in [0.25, 0.3) is 0 Å². The summed E-state index contributed by atoms with van der Waals surface area (Å²) in [6.45, 7) is 2.65. The Morgan fingerprint density at radius 3 is 2.59 bits per heavy atom. The normalized spacial score (nSPS) is 19.4. The number of aromatic nitrogens is 3. The molecule has 2 aliphatic rings. The summed E-state index contributed by atoms with van der Waals surface area (Å²) >= 11 is 0. The van der Waals surface area contributed by atoms with Crippen LogP contribution < -0.4 is 10.6 Å². The fourth-order valence-electron chi connectivity index (χ4n) is 4.38. The number of rotatable bonds is 5. The van der Waals surface area contributed by atoms with Crippen LogP contribution >= 0.6 is 12.4 Å². The lowest BCUT2D eigenvalue weighted by Gasteiger charge is -2.29. The molecule has 0 radical (unpaired) electrons. The van der Waals surface area contributed by atoms with E-state index in [0.717, 1.165) is 38.8 Å². The van der Waals surface area contributed by atoms with E-state index in [4.69, 9.17) is 0 Å². The van der Waals surface area contributed by atoms with Crippen LogP contribution in [0.2, 0.25) is 0 Å². The second kappa shape index (κ2) is 8.85. The maximum atomic E-state index is 12.6. The van der Waals surface area contributed by atoms with Crippen LogP contribution in [0.3, 0.4) is 0 Å². The van der Waals surface area contributed by atoms with Crippen LogP contribution in [0.15, 0.2) is 36.5 Å². The van der Waals surface area contributed by atoms with E-state index in [1.807, 2.05) is 10.7 Å². The zero-order valence-corrected chi connectivity index (χ0v) is 16.4. The number of nitrogens with zero attached hydrogens (tertiary/aromatic N) is 3. The molecule has 0 spiro atoms. The average molecular weight is 390 g/mol. The molecule has 27 heavy (non-hydrogen) atoms. The number of piperidine rings is 1. The van der Waals surface area contributed by atoms with Gasteiger partial charge in [0.2, 0.25) is 0 Å². The monoisotopic (exact) mass is 389 g/mol. The van der Waals surface area contributed by atoms with Gasteiger partial charge in [0.25, 0.3) is 5.91 Å². The Bertz CT molecular complexity index is 736. The topological polar surface area (TPSA) is 71.8 Å². The highest BCUT2D eigenvalue weighted by Gasteiger charge is 2.36. The zero-order valence-electron chi connectivity index (χ0n) is 15.6. The molecule has 0 bridgehead atoms. The minimum Gasteiger partial charge on any atom is -0.350 e. The summed E-state index contributed by atoms with van der Waals surface area (Å²) in [6, 6.07) is 10.9. The van der Waals surface area contributed by atoms with Gasteiger partial charge in [0.05, 0.1) is 12.2 Å². The van der Waals surface area contributed by atoms with Crippen molar-refractivity contribution in [1.29, 1.82) is 0 Å². The third-order valence-electron chi connectivity index (χ3n) is 5.96. The number of carbonyl (C=O) groups is 1. The number of hydrogen-bond donors (Lipinski definition) is 2. The summed E-state index contributed by atoms with van der Waals surface area (Å²) in [7, 11) is 0. The highest BCUT2D eigenvalue weighted by atomic mass is 35.5. The van der Waals surface area contributed by atoms with Gasteiger partial charge in [0.15, 0.2) is 5.69 Å². The Morgan fingerprint density at radius 2 is 1.89 bits per heavy atom. The van der Waals surface area contributed by atoms with Crippen molar-refractivity contribution in [2.75, 3.05) is 19.6 Å². The molecule has 146 valence electrons. The highest BCUT2D eigenvalue weighted by Crippen LogP contribution is 2.40. The standard InChI is InChI=1S/C20H27N5O.ClH/c26-19(18-14-25(24-23-18)17-8-12-21-13-9-17)22-15-20(10-4-5-11-20)16-6-2-1-3-7-16;/h1-3,6-7,14,17,21H,4-5,8-13,15H2,(H,22,26);1H. The first kappa shape index (κ1) is 19.8. The summed E-state index contributed by atoms with van der Waals surface area (Å²) in [5.74, 6) is -0.118. The number of nitrogens with one attached hydrogen (secondary N) is 2. The Balaban J connectivity index is 0.00000210. The maximum absolute atomic E-state index is 12.6. The van der Waals surface area contributed by atoms with Gasteiger partial charge in [-0.15, -0.1) is 17.5 Å². The van der Waals surface area contributed by atoms with Crippen LogP contribution in [0.1, 0.15) is 60.6 Å². The van der Waals surface area contributed by atoms with Gasteiger partial charge < -0.3 is 10.6 Å². The number of halogens is 1. The fraction of sp³-hybridized carbons (Fsp3) is 0.550. The van der Waals surface area contributed by atoms with Gasteiger partial charge in [0, 0.05) is 12.0 Å². The van der Waals surface area contributed by atoms with E-state index in [-0.39, 0.29) is 23.7 Å². The lowest BCUT2D eigenvalue weighted by molar-refractivity contribution is 0.0938. The van der Waals surface area contributed by atoms with Crippen LogP contribution in [-0.2, 0) is 5.41 Å². The molecule has 1 aromatic heterocycles. The van der Waals surface area contributed by atoms with Crippen molar-refractivity contribution in [2.45, 2.75) is 50.0 Å². The van der Waals surface area contributed by atoms with Gasteiger partial charge in [-0.05, 0) is 44.3 Å². The molecule has 1 aliphatic carbocycles. The SMILES string of the molecule is Cl.O=C(NCC1(c2ccccc2)CCCC1)c1cn(C2CCNCC2)nn1. The van der Waals surface area contributed by atoms with E-state index in [1.165, 1.54) is 18.4 Å². The molecular formula is C20H28ClN5O. The zero-order chi connectivity index (χ0) is 17.8. The molecule has 0 atom stereocenters. The van der Waals surface area contributed by atoms with Crippen LogP contribution in [0.4, 0.5) is 0 Å². The Kier molecular flexibility index (Phi) is 6.50. The molecule has 1 saturated carbocycles. The smallest absolute Gasteiger partial charge is 0.273 e. The Labute approximate surface area is 166 Å². The first-order valence-corrected chi connectivity index (χ1v) is 9.73. The van der Waals surface area contributed by atoms with Crippen molar-refractivity contribution in [2.24, 2.45) is 0 Å². The lowest BCUT2D eigenvalue weighted by atomic mass is 9.79. The van der Waals surface area contributed by atoms with Gasteiger partial charge in [0.1, 0.15) is 0 Å².